The standard InChI is InChI=1S/C17H26N2O2/c1-2-17(15-9-6-10-16(13-15)19(20)21)18-12-11-14-7-4-3-5-8-14/h6,9-10,13-14,17-18H,2-5,7-8,11-12H2,1H3. The molecule has 116 valence electrons. The summed E-state index contributed by atoms with van der Waals surface area (Å²) in [5, 5.41) is 14.4. The molecule has 0 aromatic heterocycles. The van der Waals surface area contributed by atoms with Gasteiger partial charge in [-0.25, -0.2) is 0 Å². The first-order chi connectivity index (χ1) is 10.2. The lowest BCUT2D eigenvalue weighted by Crippen LogP contribution is -2.24. The molecule has 1 fully saturated rings. The van der Waals surface area contributed by atoms with E-state index < -0.39 is 0 Å². The van der Waals surface area contributed by atoms with Crippen LogP contribution in [0.1, 0.15) is 63.5 Å². The van der Waals surface area contributed by atoms with Gasteiger partial charge in [0.15, 0.2) is 0 Å². The maximum Gasteiger partial charge on any atom is 0.269 e. The van der Waals surface area contributed by atoms with Gasteiger partial charge in [-0.15, -0.1) is 0 Å². The van der Waals surface area contributed by atoms with Gasteiger partial charge in [-0.2, -0.15) is 0 Å². The summed E-state index contributed by atoms with van der Waals surface area (Å²) in [6, 6.07) is 7.22. The van der Waals surface area contributed by atoms with Gasteiger partial charge in [0, 0.05) is 18.2 Å². The quantitative estimate of drug-likeness (QED) is 0.589. The van der Waals surface area contributed by atoms with Gasteiger partial charge < -0.3 is 5.32 Å². The molecule has 1 unspecified atom stereocenters. The summed E-state index contributed by atoms with van der Waals surface area (Å²) in [6.07, 6.45) is 9.08. The third-order valence-corrected chi connectivity index (χ3v) is 4.56. The molecule has 1 aliphatic carbocycles. The fraction of sp³-hybridized carbons (Fsp3) is 0.647. The zero-order valence-corrected chi connectivity index (χ0v) is 12.9. The van der Waals surface area contributed by atoms with Crippen LogP contribution in [0, 0.1) is 16.0 Å². The van der Waals surface area contributed by atoms with Gasteiger partial charge in [0.25, 0.3) is 5.69 Å². The highest BCUT2D eigenvalue weighted by atomic mass is 16.6. The van der Waals surface area contributed by atoms with E-state index in [1.165, 1.54) is 38.5 Å². The Balaban J connectivity index is 1.87. The fourth-order valence-corrected chi connectivity index (χ4v) is 3.29. The topological polar surface area (TPSA) is 55.2 Å². The normalized spacial score (nSPS) is 17.6. The summed E-state index contributed by atoms with van der Waals surface area (Å²) < 4.78 is 0. The van der Waals surface area contributed by atoms with Gasteiger partial charge in [0.05, 0.1) is 4.92 Å². The second-order valence-electron chi connectivity index (χ2n) is 6.06. The van der Waals surface area contributed by atoms with Crippen LogP contribution in [0.5, 0.6) is 0 Å². The van der Waals surface area contributed by atoms with Crippen molar-refractivity contribution in [3.8, 4) is 0 Å². The largest absolute Gasteiger partial charge is 0.310 e. The van der Waals surface area contributed by atoms with E-state index in [-0.39, 0.29) is 16.7 Å². The Morgan fingerprint density at radius 1 is 1.33 bits per heavy atom. The van der Waals surface area contributed by atoms with Crippen LogP contribution in [-0.2, 0) is 0 Å². The van der Waals surface area contributed by atoms with E-state index in [0.29, 0.717) is 0 Å². The van der Waals surface area contributed by atoms with Gasteiger partial charge in [-0.1, -0.05) is 51.2 Å². The minimum Gasteiger partial charge on any atom is -0.310 e. The number of nitrogens with zero attached hydrogens (tertiary/aromatic N) is 1. The van der Waals surface area contributed by atoms with Crippen LogP contribution >= 0.6 is 0 Å². The molecule has 1 aliphatic rings. The first-order valence-corrected chi connectivity index (χ1v) is 8.18. The second kappa shape index (κ2) is 8.13. The lowest BCUT2D eigenvalue weighted by molar-refractivity contribution is -0.384. The summed E-state index contributed by atoms with van der Waals surface area (Å²) in [5.41, 5.74) is 1.20. The first kappa shape index (κ1) is 16.0. The molecule has 0 aliphatic heterocycles. The molecule has 0 amide bonds. The summed E-state index contributed by atoms with van der Waals surface area (Å²) in [5.74, 6) is 0.869. The number of non-ortho nitro benzene ring substituents is 1. The zero-order chi connectivity index (χ0) is 15.1. The van der Waals surface area contributed by atoms with Gasteiger partial charge in [-0.3, -0.25) is 10.1 Å². The molecular weight excluding hydrogens is 264 g/mol. The molecule has 0 bridgehead atoms. The Bertz CT molecular complexity index is 456. The number of benzene rings is 1. The van der Waals surface area contributed by atoms with Crippen molar-refractivity contribution in [2.75, 3.05) is 6.54 Å². The molecule has 0 heterocycles. The average Bonchev–Trinajstić information content (AvgIpc) is 2.52. The smallest absolute Gasteiger partial charge is 0.269 e. The molecule has 1 N–H and O–H groups in total. The van der Waals surface area contributed by atoms with Crippen molar-refractivity contribution < 1.29 is 4.92 Å². The molecule has 4 nitrogen and oxygen atoms in total. The van der Waals surface area contributed by atoms with Gasteiger partial charge in [-0.05, 0) is 30.9 Å². The van der Waals surface area contributed by atoms with E-state index in [1.54, 1.807) is 18.2 Å². The molecule has 1 aromatic carbocycles. The van der Waals surface area contributed by atoms with Crippen LogP contribution in [0.2, 0.25) is 0 Å². The van der Waals surface area contributed by atoms with Crippen molar-refractivity contribution >= 4 is 5.69 Å². The van der Waals surface area contributed by atoms with Crippen LogP contribution < -0.4 is 5.32 Å². The molecule has 0 spiro atoms. The Morgan fingerprint density at radius 3 is 2.76 bits per heavy atom. The maximum absolute atomic E-state index is 10.9. The van der Waals surface area contributed by atoms with Crippen molar-refractivity contribution in [3.05, 3.63) is 39.9 Å². The number of hydrogen-bond acceptors (Lipinski definition) is 3. The molecule has 4 heteroatoms. The number of rotatable bonds is 7. The van der Waals surface area contributed by atoms with E-state index in [2.05, 4.69) is 12.2 Å². The molecule has 1 atom stereocenters. The maximum atomic E-state index is 10.9. The van der Waals surface area contributed by atoms with Gasteiger partial charge in [0.2, 0.25) is 0 Å². The predicted molar refractivity (Wildman–Crippen MR) is 85.3 cm³/mol. The monoisotopic (exact) mass is 290 g/mol. The molecule has 21 heavy (non-hydrogen) atoms. The van der Waals surface area contributed by atoms with Crippen molar-refractivity contribution in [1.82, 2.24) is 5.32 Å². The van der Waals surface area contributed by atoms with Crippen molar-refractivity contribution in [2.24, 2.45) is 5.92 Å². The van der Waals surface area contributed by atoms with Gasteiger partial charge in [0.1, 0.15) is 0 Å². The highest BCUT2D eigenvalue weighted by Gasteiger charge is 2.15. The number of nitro benzene ring substituents is 1. The lowest BCUT2D eigenvalue weighted by atomic mass is 9.87. The minimum absolute atomic E-state index is 0.181. The predicted octanol–water partition coefficient (Wildman–Crippen LogP) is 4.61. The molecule has 1 saturated carbocycles. The van der Waals surface area contributed by atoms with E-state index in [0.717, 1.165) is 24.4 Å². The van der Waals surface area contributed by atoms with Crippen molar-refractivity contribution in [2.45, 2.75) is 57.9 Å². The van der Waals surface area contributed by atoms with Crippen LogP contribution in [-0.4, -0.2) is 11.5 Å². The molecule has 0 saturated heterocycles. The molecule has 1 aromatic rings. The fourth-order valence-electron chi connectivity index (χ4n) is 3.29. The van der Waals surface area contributed by atoms with E-state index in [9.17, 15) is 10.1 Å². The highest BCUT2D eigenvalue weighted by Crippen LogP contribution is 2.26. The van der Waals surface area contributed by atoms with Crippen molar-refractivity contribution in [1.29, 1.82) is 0 Å². The van der Waals surface area contributed by atoms with Crippen molar-refractivity contribution in [3.63, 3.8) is 0 Å². The van der Waals surface area contributed by atoms with Crippen LogP contribution in [0.25, 0.3) is 0 Å². The zero-order valence-electron chi connectivity index (χ0n) is 12.9. The number of nitro groups is 1. The summed E-state index contributed by atoms with van der Waals surface area (Å²) in [6.45, 7) is 3.13. The SMILES string of the molecule is CCC(NCCC1CCCCC1)c1cccc([N+](=O)[O-])c1. The number of hydrogen-bond donors (Lipinski definition) is 1. The second-order valence-corrected chi connectivity index (χ2v) is 6.06. The van der Waals surface area contributed by atoms with Crippen LogP contribution in [0.15, 0.2) is 24.3 Å². The summed E-state index contributed by atoms with van der Waals surface area (Å²) >= 11 is 0. The van der Waals surface area contributed by atoms with Crippen LogP contribution in [0.3, 0.4) is 0 Å². The Hall–Kier alpha value is -1.42. The first-order valence-electron chi connectivity index (χ1n) is 8.18. The molecule has 2 rings (SSSR count). The van der Waals surface area contributed by atoms with Gasteiger partial charge >= 0.3 is 0 Å². The van der Waals surface area contributed by atoms with E-state index >= 15 is 0 Å². The van der Waals surface area contributed by atoms with Crippen LogP contribution in [0.4, 0.5) is 5.69 Å². The molecular formula is C17H26N2O2. The Labute approximate surface area is 127 Å². The third kappa shape index (κ3) is 4.81. The summed E-state index contributed by atoms with van der Waals surface area (Å²) in [4.78, 5) is 10.5. The summed E-state index contributed by atoms with van der Waals surface area (Å²) in [7, 11) is 0. The third-order valence-electron chi connectivity index (χ3n) is 4.56. The lowest BCUT2D eigenvalue weighted by Gasteiger charge is -2.23. The Kier molecular flexibility index (Phi) is 6.18. The minimum atomic E-state index is -0.321. The average molecular weight is 290 g/mol. The van der Waals surface area contributed by atoms with E-state index in [1.807, 2.05) is 6.07 Å². The Morgan fingerprint density at radius 2 is 2.10 bits per heavy atom. The van der Waals surface area contributed by atoms with E-state index in [4.69, 9.17) is 0 Å². The number of nitrogens with one attached hydrogen (secondary N) is 1. The molecule has 0 radical (unpaired) electrons. The highest BCUT2D eigenvalue weighted by molar-refractivity contribution is 5.35.